The number of hydrogen-bond acceptors (Lipinski definition) is 6. The molecule has 0 aromatic heterocycles. The molecular formula is C20H21N3O6. The first-order valence-corrected chi connectivity index (χ1v) is 8.69. The van der Waals surface area contributed by atoms with Gasteiger partial charge in [-0.05, 0) is 31.2 Å². The molecule has 9 nitrogen and oxygen atoms in total. The van der Waals surface area contributed by atoms with E-state index in [1.807, 2.05) is 0 Å². The first kappa shape index (κ1) is 21.4. The van der Waals surface area contributed by atoms with Gasteiger partial charge in [-0.1, -0.05) is 12.1 Å². The van der Waals surface area contributed by atoms with Gasteiger partial charge >= 0.3 is 5.97 Å². The fourth-order valence-electron chi connectivity index (χ4n) is 2.48. The van der Waals surface area contributed by atoms with Crippen LogP contribution < -0.4 is 20.9 Å². The zero-order valence-electron chi connectivity index (χ0n) is 16.2. The van der Waals surface area contributed by atoms with E-state index in [0.717, 1.165) is 0 Å². The topological polar surface area (TPSA) is 123 Å². The van der Waals surface area contributed by atoms with Crippen LogP contribution in [0.4, 0.5) is 5.69 Å². The fourth-order valence-corrected chi connectivity index (χ4v) is 2.48. The van der Waals surface area contributed by atoms with Gasteiger partial charge in [-0.3, -0.25) is 25.2 Å². The molecule has 0 heterocycles. The third-order valence-corrected chi connectivity index (χ3v) is 3.71. The molecule has 0 bridgehead atoms. The van der Waals surface area contributed by atoms with Crippen molar-refractivity contribution in [3.05, 3.63) is 59.2 Å². The summed E-state index contributed by atoms with van der Waals surface area (Å²) in [5.41, 5.74) is 5.28. The molecule has 9 heteroatoms. The Morgan fingerprint density at radius 1 is 0.897 bits per heavy atom. The molecule has 0 atom stereocenters. The summed E-state index contributed by atoms with van der Waals surface area (Å²) in [7, 11) is 1.21. The van der Waals surface area contributed by atoms with Gasteiger partial charge in [-0.15, -0.1) is 0 Å². The molecule has 0 unspecified atom stereocenters. The van der Waals surface area contributed by atoms with Crippen molar-refractivity contribution in [2.75, 3.05) is 19.0 Å². The molecule has 0 aliphatic heterocycles. The van der Waals surface area contributed by atoms with Gasteiger partial charge in [0.1, 0.15) is 5.75 Å². The van der Waals surface area contributed by atoms with Gasteiger partial charge in [0.2, 0.25) is 5.91 Å². The number of esters is 1. The zero-order valence-corrected chi connectivity index (χ0v) is 16.2. The number of benzene rings is 2. The monoisotopic (exact) mass is 399 g/mol. The van der Waals surface area contributed by atoms with Crippen molar-refractivity contribution in [1.29, 1.82) is 0 Å². The van der Waals surface area contributed by atoms with E-state index < -0.39 is 17.8 Å². The van der Waals surface area contributed by atoms with Crippen LogP contribution in [0.1, 0.15) is 44.9 Å². The Morgan fingerprint density at radius 2 is 1.52 bits per heavy atom. The van der Waals surface area contributed by atoms with E-state index in [0.29, 0.717) is 12.3 Å². The highest BCUT2D eigenvalue weighted by Crippen LogP contribution is 2.23. The maximum atomic E-state index is 12.5. The summed E-state index contributed by atoms with van der Waals surface area (Å²) in [6.45, 7) is 3.41. The van der Waals surface area contributed by atoms with Crippen molar-refractivity contribution in [2.24, 2.45) is 0 Å². The van der Waals surface area contributed by atoms with Gasteiger partial charge in [0.25, 0.3) is 11.8 Å². The van der Waals surface area contributed by atoms with Gasteiger partial charge in [0.15, 0.2) is 0 Å². The molecule has 152 valence electrons. The van der Waals surface area contributed by atoms with E-state index in [4.69, 9.17) is 4.74 Å². The molecule has 0 saturated carbocycles. The summed E-state index contributed by atoms with van der Waals surface area (Å²) in [4.78, 5) is 47.9. The second-order valence-corrected chi connectivity index (χ2v) is 5.77. The van der Waals surface area contributed by atoms with Gasteiger partial charge in [-0.25, -0.2) is 4.79 Å². The lowest BCUT2D eigenvalue weighted by molar-refractivity contribution is -0.114. The van der Waals surface area contributed by atoms with Crippen molar-refractivity contribution in [3.8, 4) is 5.75 Å². The smallest absolute Gasteiger partial charge is 0.338 e. The number of carbonyl (C=O) groups excluding carboxylic acids is 4. The second kappa shape index (κ2) is 9.88. The minimum Gasteiger partial charge on any atom is -0.493 e. The molecule has 3 N–H and O–H groups in total. The van der Waals surface area contributed by atoms with Crippen molar-refractivity contribution in [2.45, 2.75) is 13.8 Å². The molecule has 0 radical (unpaired) electrons. The number of hydrazine groups is 1. The Hall–Kier alpha value is -3.88. The molecule has 29 heavy (non-hydrogen) atoms. The number of anilines is 1. The largest absolute Gasteiger partial charge is 0.493 e. The Morgan fingerprint density at radius 3 is 2.10 bits per heavy atom. The summed E-state index contributed by atoms with van der Waals surface area (Å²) in [5.74, 6) is -2.02. The van der Waals surface area contributed by atoms with E-state index >= 15 is 0 Å². The second-order valence-electron chi connectivity index (χ2n) is 5.77. The number of amides is 3. The highest BCUT2D eigenvalue weighted by Gasteiger charge is 2.19. The molecule has 0 aliphatic rings. The van der Waals surface area contributed by atoms with E-state index in [9.17, 15) is 19.2 Å². The van der Waals surface area contributed by atoms with Crippen LogP contribution in [0.25, 0.3) is 0 Å². The quantitative estimate of drug-likeness (QED) is 0.504. The van der Waals surface area contributed by atoms with Crippen LogP contribution in [0.15, 0.2) is 42.5 Å². The molecule has 0 fully saturated rings. The van der Waals surface area contributed by atoms with Crippen molar-refractivity contribution < 1.29 is 28.7 Å². The van der Waals surface area contributed by atoms with Crippen LogP contribution in [0.3, 0.4) is 0 Å². The SMILES string of the molecule is CCOc1cc(NC(C)=O)ccc1C(=O)NNC(=O)c1ccccc1C(=O)OC. The minimum absolute atomic E-state index is 0.0469. The zero-order chi connectivity index (χ0) is 21.4. The van der Waals surface area contributed by atoms with Crippen LogP contribution in [-0.4, -0.2) is 37.4 Å². The molecule has 3 amide bonds. The number of methoxy groups -OCH3 is 1. The summed E-state index contributed by atoms with van der Waals surface area (Å²) in [6, 6.07) is 10.5. The number of nitrogens with one attached hydrogen (secondary N) is 3. The minimum atomic E-state index is -0.688. The van der Waals surface area contributed by atoms with Gasteiger partial charge in [0.05, 0.1) is 30.4 Å². The normalized spacial score (nSPS) is 9.90. The van der Waals surface area contributed by atoms with Crippen molar-refractivity contribution in [1.82, 2.24) is 10.9 Å². The lowest BCUT2D eigenvalue weighted by Crippen LogP contribution is -2.42. The number of ether oxygens (including phenoxy) is 2. The lowest BCUT2D eigenvalue weighted by Gasteiger charge is -2.14. The predicted molar refractivity (Wildman–Crippen MR) is 105 cm³/mol. The maximum Gasteiger partial charge on any atom is 0.338 e. The number of carbonyl (C=O) groups is 4. The van der Waals surface area contributed by atoms with Crippen LogP contribution in [0.2, 0.25) is 0 Å². The number of rotatable bonds is 6. The van der Waals surface area contributed by atoms with E-state index in [1.165, 1.54) is 44.4 Å². The molecule has 2 aromatic rings. The Balaban J connectivity index is 2.16. The van der Waals surface area contributed by atoms with Crippen molar-refractivity contribution >= 4 is 29.4 Å². The Labute approximate surface area is 167 Å². The standard InChI is InChI=1S/C20H21N3O6/c1-4-29-17-11-13(21-12(2)24)9-10-16(17)19(26)23-22-18(25)14-7-5-6-8-15(14)20(27)28-3/h5-11H,4H2,1-3H3,(H,21,24)(H,22,25)(H,23,26). The average molecular weight is 399 g/mol. The Bertz CT molecular complexity index is 942. The summed E-state index contributed by atoms with van der Waals surface area (Å²) < 4.78 is 10.1. The Kier molecular flexibility index (Phi) is 7.30. The van der Waals surface area contributed by atoms with Crippen LogP contribution in [-0.2, 0) is 9.53 Å². The van der Waals surface area contributed by atoms with Gasteiger partial charge in [-0.2, -0.15) is 0 Å². The molecule has 0 aliphatic carbocycles. The fraction of sp³-hybridized carbons (Fsp3) is 0.200. The van der Waals surface area contributed by atoms with E-state index in [2.05, 4.69) is 20.9 Å². The molecule has 0 spiro atoms. The predicted octanol–water partition coefficient (Wildman–Crippen LogP) is 1.91. The number of hydrogen-bond donors (Lipinski definition) is 3. The van der Waals surface area contributed by atoms with Gasteiger partial charge in [0, 0.05) is 18.7 Å². The average Bonchev–Trinajstić information content (AvgIpc) is 2.71. The van der Waals surface area contributed by atoms with Crippen LogP contribution >= 0.6 is 0 Å². The first-order chi connectivity index (χ1) is 13.9. The lowest BCUT2D eigenvalue weighted by atomic mass is 10.1. The van der Waals surface area contributed by atoms with Gasteiger partial charge < -0.3 is 14.8 Å². The summed E-state index contributed by atoms with van der Waals surface area (Å²) in [5, 5.41) is 2.60. The molecule has 0 saturated heterocycles. The molecule has 2 rings (SSSR count). The summed E-state index contributed by atoms with van der Waals surface area (Å²) in [6.07, 6.45) is 0. The van der Waals surface area contributed by atoms with E-state index in [1.54, 1.807) is 19.1 Å². The first-order valence-electron chi connectivity index (χ1n) is 8.69. The molecular weight excluding hydrogens is 378 g/mol. The third-order valence-electron chi connectivity index (χ3n) is 3.71. The van der Waals surface area contributed by atoms with E-state index in [-0.39, 0.29) is 28.3 Å². The third kappa shape index (κ3) is 5.55. The van der Waals surface area contributed by atoms with Crippen LogP contribution in [0, 0.1) is 0 Å². The van der Waals surface area contributed by atoms with Crippen LogP contribution in [0.5, 0.6) is 5.75 Å². The highest BCUT2D eigenvalue weighted by molar-refractivity contribution is 6.06. The summed E-state index contributed by atoms with van der Waals surface area (Å²) >= 11 is 0. The maximum absolute atomic E-state index is 12.5. The molecule has 2 aromatic carbocycles. The van der Waals surface area contributed by atoms with Crippen molar-refractivity contribution in [3.63, 3.8) is 0 Å². The highest BCUT2D eigenvalue weighted by atomic mass is 16.5.